The van der Waals surface area contributed by atoms with E-state index in [9.17, 15) is 4.79 Å². The fourth-order valence-corrected chi connectivity index (χ4v) is 4.27. The van der Waals surface area contributed by atoms with Crippen molar-refractivity contribution in [1.82, 2.24) is 10.3 Å². The van der Waals surface area contributed by atoms with E-state index in [2.05, 4.69) is 15.6 Å². The minimum absolute atomic E-state index is 0.144. The molecule has 1 spiro atoms. The summed E-state index contributed by atoms with van der Waals surface area (Å²) in [5, 5.41) is 6.64. The first kappa shape index (κ1) is 14.8. The van der Waals surface area contributed by atoms with Crippen LogP contribution < -0.4 is 10.6 Å². The first-order valence-corrected chi connectivity index (χ1v) is 8.50. The summed E-state index contributed by atoms with van der Waals surface area (Å²) in [5.74, 6) is 0. The fraction of sp³-hybridized carbons (Fsp3) is 0.733. The summed E-state index contributed by atoms with van der Waals surface area (Å²) >= 11 is 1.52. The van der Waals surface area contributed by atoms with E-state index in [4.69, 9.17) is 4.74 Å². The van der Waals surface area contributed by atoms with Crippen LogP contribution in [0.25, 0.3) is 0 Å². The molecule has 0 unspecified atom stereocenters. The van der Waals surface area contributed by atoms with Crippen molar-refractivity contribution in [3.8, 4) is 0 Å². The molecule has 1 heterocycles. The number of aromatic nitrogens is 1. The first-order valence-electron chi connectivity index (χ1n) is 7.68. The lowest BCUT2D eigenvalue weighted by molar-refractivity contribution is -0.169. The monoisotopic (exact) mass is 309 g/mol. The number of anilines is 1. The summed E-state index contributed by atoms with van der Waals surface area (Å²) in [4.78, 5) is 17.6. The van der Waals surface area contributed by atoms with Crippen LogP contribution in [-0.4, -0.2) is 29.8 Å². The molecule has 2 fully saturated rings. The van der Waals surface area contributed by atoms with Gasteiger partial charge in [-0.1, -0.05) is 6.42 Å². The number of aryl methyl sites for hydroxylation is 2. The number of ether oxygens (including phenoxy) is 1. The van der Waals surface area contributed by atoms with Gasteiger partial charge < -0.3 is 10.1 Å². The van der Waals surface area contributed by atoms with Gasteiger partial charge in [-0.25, -0.2) is 9.78 Å². The lowest BCUT2D eigenvalue weighted by atomic mass is 9.51. The molecule has 5 nitrogen and oxygen atoms in total. The predicted octanol–water partition coefficient (Wildman–Crippen LogP) is 3.23. The standard InChI is InChI=1S/C15H23N3O2S/c1-4-20-12-8-11(15(12)6-5-7-15)17-13(19)18-14-16-9(2)10(3)21-14/h11-12H,4-8H2,1-3H3,(H2,16,17,18,19)/t11-,12-/m0/s1. The van der Waals surface area contributed by atoms with Crippen LogP contribution in [-0.2, 0) is 4.74 Å². The Bertz CT molecular complexity index is 520. The third kappa shape index (κ3) is 2.55. The van der Waals surface area contributed by atoms with Crippen molar-refractivity contribution in [1.29, 1.82) is 0 Å². The van der Waals surface area contributed by atoms with Gasteiger partial charge in [0.25, 0.3) is 0 Å². The molecule has 116 valence electrons. The van der Waals surface area contributed by atoms with Crippen LogP contribution >= 0.6 is 11.3 Å². The number of hydrogen-bond acceptors (Lipinski definition) is 4. The number of amides is 2. The summed E-state index contributed by atoms with van der Waals surface area (Å²) in [6, 6.07) is 0.0972. The van der Waals surface area contributed by atoms with Crippen molar-refractivity contribution in [2.75, 3.05) is 11.9 Å². The van der Waals surface area contributed by atoms with E-state index >= 15 is 0 Å². The van der Waals surface area contributed by atoms with Crippen molar-refractivity contribution in [2.45, 2.75) is 58.6 Å². The molecule has 2 atom stereocenters. The van der Waals surface area contributed by atoms with Crippen molar-refractivity contribution < 1.29 is 9.53 Å². The summed E-state index contributed by atoms with van der Waals surface area (Å²) in [6.07, 6.45) is 4.83. The van der Waals surface area contributed by atoms with E-state index in [1.165, 1.54) is 17.8 Å². The van der Waals surface area contributed by atoms with Gasteiger partial charge in [0, 0.05) is 22.9 Å². The molecule has 0 bridgehead atoms. The quantitative estimate of drug-likeness (QED) is 0.897. The maximum atomic E-state index is 12.1. The minimum Gasteiger partial charge on any atom is -0.378 e. The molecule has 3 rings (SSSR count). The molecule has 2 aliphatic carbocycles. The van der Waals surface area contributed by atoms with E-state index in [0.717, 1.165) is 36.4 Å². The van der Waals surface area contributed by atoms with Gasteiger partial charge in [-0.3, -0.25) is 5.32 Å². The smallest absolute Gasteiger partial charge is 0.321 e. The van der Waals surface area contributed by atoms with Gasteiger partial charge in [0.05, 0.1) is 11.8 Å². The van der Waals surface area contributed by atoms with Gasteiger partial charge >= 0.3 is 6.03 Å². The molecule has 2 N–H and O–H groups in total. The summed E-state index contributed by atoms with van der Waals surface area (Å²) in [7, 11) is 0. The van der Waals surface area contributed by atoms with Crippen molar-refractivity contribution in [2.24, 2.45) is 5.41 Å². The molecule has 2 saturated carbocycles. The molecule has 1 aromatic heterocycles. The van der Waals surface area contributed by atoms with Crippen LogP contribution in [0.5, 0.6) is 0 Å². The maximum absolute atomic E-state index is 12.1. The van der Waals surface area contributed by atoms with Crippen molar-refractivity contribution >= 4 is 22.5 Å². The normalized spacial score (nSPS) is 26.0. The lowest BCUT2D eigenvalue weighted by Gasteiger charge is -2.60. The van der Waals surface area contributed by atoms with Crippen LogP contribution in [0.2, 0.25) is 0 Å². The summed E-state index contributed by atoms with van der Waals surface area (Å²) in [5.41, 5.74) is 1.17. The number of carbonyl (C=O) groups is 1. The van der Waals surface area contributed by atoms with Crippen LogP contribution in [0.4, 0.5) is 9.93 Å². The number of nitrogens with one attached hydrogen (secondary N) is 2. The highest BCUT2D eigenvalue weighted by atomic mass is 32.1. The number of urea groups is 1. The van der Waals surface area contributed by atoms with Gasteiger partial charge in [-0.15, -0.1) is 11.3 Å². The average Bonchev–Trinajstić information content (AvgIpc) is 2.64. The molecular weight excluding hydrogens is 286 g/mol. The van der Waals surface area contributed by atoms with E-state index < -0.39 is 0 Å². The molecule has 6 heteroatoms. The lowest BCUT2D eigenvalue weighted by Crippen LogP contribution is -2.68. The average molecular weight is 309 g/mol. The van der Waals surface area contributed by atoms with Gasteiger partial charge in [0.1, 0.15) is 0 Å². The minimum atomic E-state index is -0.144. The second-order valence-corrected chi connectivity index (χ2v) is 7.28. The number of thiazole rings is 1. The Morgan fingerprint density at radius 2 is 2.24 bits per heavy atom. The Balaban J connectivity index is 1.56. The fourth-order valence-electron chi connectivity index (χ4n) is 3.46. The third-order valence-corrected chi connectivity index (χ3v) is 5.98. The number of carbonyl (C=O) groups excluding carboxylic acids is 1. The van der Waals surface area contributed by atoms with Gasteiger partial charge in [-0.2, -0.15) is 0 Å². The zero-order chi connectivity index (χ0) is 15.0. The molecular formula is C15H23N3O2S. The molecule has 0 aromatic carbocycles. The summed E-state index contributed by atoms with van der Waals surface area (Å²) < 4.78 is 5.80. The van der Waals surface area contributed by atoms with Crippen molar-refractivity contribution in [3.63, 3.8) is 0 Å². The number of nitrogens with zero attached hydrogens (tertiary/aromatic N) is 1. The van der Waals surface area contributed by atoms with Crippen LogP contribution in [0, 0.1) is 19.3 Å². The largest absolute Gasteiger partial charge is 0.378 e. The maximum Gasteiger partial charge on any atom is 0.321 e. The Labute approximate surface area is 129 Å². The van der Waals surface area contributed by atoms with Gasteiger partial charge in [0.2, 0.25) is 0 Å². The molecule has 0 radical (unpaired) electrons. The Morgan fingerprint density at radius 1 is 1.48 bits per heavy atom. The van der Waals surface area contributed by atoms with Crippen molar-refractivity contribution in [3.05, 3.63) is 10.6 Å². The van der Waals surface area contributed by atoms with Crippen LogP contribution in [0.15, 0.2) is 0 Å². The number of hydrogen-bond donors (Lipinski definition) is 2. The van der Waals surface area contributed by atoms with E-state index in [0.29, 0.717) is 11.2 Å². The SMILES string of the molecule is CCO[C@H]1C[C@H](NC(=O)Nc2nc(C)c(C)s2)C12CCC2. The van der Waals surface area contributed by atoms with E-state index in [1.54, 1.807) is 0 Å². The molecule has 2 amide bonds. The zero-order valence-electron chi connectivity index (χ0n) is 12.9. The predicted molar refractivity (Wildman–Crippen MR) is 83.8 cm³/mol. The Hall–Kier alpha value is -1.14. The molecule has 0 saturated heterocycles. The first-order chi connectivity index (χ1) is 10.0. The molecule has 0 aliphatic heterocycles. The summed E-state index contributed by atoms with van der Waals surface area (Å²) in [6.45, 7) is 6.75. The van der Waals surface area contributed by atoms with Crippen LogP contribution in [0.1, 0.15) is 43.2 Å². The Morgan fingerprint density at radius 3 is 2.76 bits per heavy atom. The van der Waals surface area contributed by atoms with E-state index in [1.807, 2.05) is 20.8 Å². The van der Waals surface area contributed by atoms with Gasteiger partial charge in [-0.05, 0) is 40.0 Å². The van der Waals surface area contributed by atoms with Crippen LogP contribution in [0.3, 0.4) is 0 Å². The third-order valence-electron chi connectivity index (χ3n) is 4.99. The topological polar surface area (TPSA) is 63.2 Å². The van der Waals surface area contributed by atoms with E-state index in [-0.39, 0.29) is 17.5 Å². The highest BCUT2D eigenvalue weighted by Crippen LogP contribution is 2.57. The number of rotatable bonds is 4. The molecule has 2 aliphatic rings. The molecule has 21 heavy (non-hydrogen) atoms. The second-order valence-electron chi connectivity index (χ2n) is 6.08. The highest BCUT2D eigenvalue weighted by Gasteiger charge is 2.59. The Kier molecular flexibility index (Phi) is 3.92. The molecule has 1 aromatic rings. The van der Waals surface area contributed by atoms with Gasteiger partial charge in [0.15, 0.2) is 5.13 Å². The second kappa shape index (κ2) is 5.57. The zero-order valence-corrected chi connectivity index (χ0v) is 13.7. The highest BCUT2D eigenvalue weighted by molar-refractivity contribution is 7.15.